The first kappa shape index (κ1) is 14.0. The minimum absolute atomic E-state index is 0.0741. The summed E-state index contributed by atoms with van der Waals surface area (Å²) in [7, 11) is 1.68. The molecule has 0 fully saturated rings. The van der Waals surface area contributed by atoms with Gasteiger partial charge in [0.25, 0.3) is 0 Å². The van der Waals surface area contributed by atoms with Crippen molar-refractivity contribution in [3.05, 3.63) is 29.8 Å². The molecule has 17 heavy (non-hydrogen) atoms. The Kier molecular flexibility index (Phi) is 6.01. The molecule has 1 unspecified atom stereocenters. The Morgan fingerprint density at radius 2 is 2.06 bits per heavy atom. The van der Waals surface area contributed by atoms with Crippen molar-refractivity contribution >= 4 is 0 Å². The first-order valence-corrected chi connectivity index (χ1v) is 6.17. The maximum Gasteiger partial charge on any atom is 0.119 e. The molecule has 0 bridgehead atoms. The van der Waals surface area contributed by atoms with Gasteiger partial charge in [0.05, 0.1) is 19.3 Å². The molecule has 0 radical (unpaired) electrons. The fraction of sp³-hybridized carbons (Fsp3) is 0.571. The molecular weight excluding hydrogens is 214 g/mol. The van der Waals surface area contributed by atoms with E-state index in [1.807, 2.05) is 18.2 Å². The van der Waals surface area contributed by atoms with Gasteiger partial charge < -0.3 is 14.8 Å². The maximum atomic E-state index is 5.92. The molecular formula is C14H23NO2. The lowest BCUT2D eigenvalue weighted by atomic mass is 10.1. The highest BCUT2D eigenvalue weighted by atomic mass is 16.5. The zero-order valence-corrected chi connectivity index (χ0v) is 11.2. The number of rotatable bonds is 7. The van der Waals surface area contributed by atoms with Crippen LogP contribution in [0.4, 0.5) is 0 Å². The average Bonchev–Trinajstić information content (AvgIpc) is 2.34. The molecule has 1 aromatic rings. The van der Waals surface area contributed by atoms with E-state index >= 15 is 0 Å². The second kappa shape index (κ2) is 7.30. The number of nitrogens with one attached hydrogen (secondary N) is 1. The molecule has 1 N–H and O–H groups in total. The van der Waals surface area contributed by atoms with Gasteiger partial charge >= 0.3 is 0 Å². The van der Waals surface area contributed by atoms with Gasteiger partial charge in [0.1, 0.15) is 5.75 Å². The lowest BCUT2D eigenvalue weighted by Gasteiger charge is -2.21. The normalized spacial score (nSPS) is 12.8. The second-order valence-corrected chi connectivity index (χ2v) is 4.26. The third kappa shape index (κ3) is 4.75. The Balaban J connectivity index is 2.78. The molecule has 0 heterocycles. The van der Waals surface area contributed by atoms with E-state index in [1.165, 1.54) is 0 Å². The van der Waals surface area contributed by atoms with Crippen LogP contribution < -0.4 is 10.1 Å². The molecule has 3 heteroatoms. The van der Waals surface area contributed by atoms with Crippen molar-refractivity contribution in [2.24, 2.45) is 0 Å². The van der Waals surface area contributed by atoms with Crippen molar-refractivity contribution < 1.29 is 9.47 Å². The number of ether oxygens (including phenoxy) is 2. The summed E-state index contributed by atoms with van der Waals surface area (Å²) >= 11 is 0. The predicted molar refractivity (Wildman–Crippen MR) is 70.5 cm³/mol. The first-order chi connectivity index (χ1) is 8.17. The van der Waals surface area contributed by atoms with Crippen LogP contribution >= 0.6 is 0 Å². The standard InChI is InChI=1S/C14H23NO2/c1-5-15-10-14(17-11(2)3)12-7-6-8-13(9-12)16-4/h6-9,11,14-15H,5,10H2,1-4H3. The molecule has 3 nitrogen and oxygen atoms in total. The Bertz CT molecular complexity index is 326. The summed E-state index contributed by atoms with van der Waals surface area (Å²) in [5, 5.41) is 3.32. The van der Waals surface area contributed by atoms with Gasteiger partial charge in [-0.3, -0.25) is 0 Å². The number of likely N-dealkylation sites (N-methyl/N-ethyl adjacent to an activating group) is 1. The van der Waals surface area contributed by atoms with Crippen molar-refractivity contribution in [2.75, 3.05) is 20.2 Å². The van der Waals surface area contributed by atoms with Crippen molar-refractivity contribution in [2.45, 2.75) is 33.0 Å². The van der Waals surface area contributed by atoms with Gasteiger partial charge in [-0.2, -0.15) is 0 Å². The van der Waals surface area contributed by atoms with Gasteiger partial charge in [-0.25, -0.2) is 0 Å². The molecule has 0 aliphatic carbocycles. The number of hydrogen-bond donors (Lipinski definition) is 1. The van der Waals surface area contributed by atoms with Crippen molar-refractivity contribution in [1.29, 1.82) is 0 Å². The van der Waals surface area contributed by atoms with E-state index in [0.29, 0.717) is 0 Å². The molecule has 1 rings (SSSR count). The summed E-state index contributed by atoms with van der Waals surface area (Å²) in [5.41, 5.74) is 1.15. The average molecular weight is 237 g/mol. The molecule has 1 aromatic carbocycles. The lowest BCUT2D eigenvalue weighted by Crippen LogP contribution is -2.25. The van der Waals surface area contributed by atoms with Crippen LogP contribution in [0.5, 0.6) is 5.75 Å². The predicted octanol–water partition coefficient (Wildman–Crippen LogP) is 2.77. The molecule has 0 saturated carbocycles. The molecule has 96 valence electrons. The van der Waals surface area contributed by atoms with Crippen LogP contribution in [0.1, 0.15) is 32.4 Å². The Morgan fingerprint density at radius 1 is 1.29 bits per heavy atom. The van der Waals surface area contributed by atoms with E-state index in [-0.39, 0.29) is 12.2 Å². The van der Waals surface area contributed by atoms with Gasteiger partial charge in [0, 0.05) is 6.54 Å². The minimum Gasteiger partial charge on any atom is -0.497 e. The summed E-state index contributed by atoms with van der Waals surface area (Å²) < 4.78 is 11.2. The zero-order chi connectivity index (χ0) is 12.7. The van der Waals surface area contributed by atoms with Crippen LogP contribution in [0.2, 0.25) is 0 Å². The van der Waals surface area contributed by atoms with Crippen LogP contribution in [0.3, 0.4) is 0 Å². The van der Waals surface area contributed by atoms with Crippen molar-refractivity contribution in [3.8, 4) is 5.75 Å². The first-order valence-electron chi connectivity index (χ1n) is 6.17. The van der Waals surface area contributed by atoms with Crippen LogP contribution in [0.15, 0.2) is 24.3 Å². The third-order valence-corrected chi connectivity index (χ3v) is 2.48. The van der Waals surface area contributed by atoms with E-state index in [9.17, 15) is 0 Å². The maximum absolute atomic E-state index is 5.92. The minimum atomic E-state index is 0.0741. The highest BCUT2D eigenvalue weighted by Crippen LogP contribution is 2.22. The fourth-order valence-electron chi connectivity index (χ4n) is 1.69. The Morgan fingerprint density at radius 3 is 2.65 bits per heavy atom. The summed E-state index contributed by atoms with van der Waals surface area (Å²) in [5.74, 6) is 0.872. The van der Waals surface area contributed by atoms with E-state index in [0.717, 1.165) is 24.4 Å². The van der Waals surface area contributed by atoms with E-state index < -0.39 is 0 Å². The smallest absolute Gasteiger partial charge is 0.119 e. The SMILES string of the molecule is CCNCC(OC(C)C)c1cccc(OC)c1. The lowest BCUT2D eigenvalue weighted by molar-refractivity contribution is 0.00731. The summed E-state index contributed by atoms with van der Waals surface area (Å²) in [6.07, 6.45) is 0.287. The Hall–Kier alpha value is -1.06. The molecule has 0 aliphatic rings. The van der Waals surface area contributed by atoms with Crippen LogP contribution in [0.25, 0.3) is 0 Å². The quantitative estimate of drug-likeness (QED) is 0.791. The zero-order valence-electron chi connectivity index (χ0n) is 11.2. The fourth-order valence-corrected chi connectivity index (χ4v) is 1.69. The van der Waals surface area contributed by atoms with Gasteiger partial charge in [-0.1, -0.05) is 19.1 Å². The van der Waals surface area contributed by atoms with Crippen LogP contribution in [-0.4, -0.2) is 26.3 Å². The molecule has 0 saturated heterocycles. The molecule has 1 atom stereocenters. The van der Waals surface area contributed by atoms with Crippen LogP contribution in [-0.2, 0) is 4.74 Å². The van der Waals surface area contributed by atoms with Crippen LogP contribution in [0, 0.1) is 0 Å². The van der Waals surface area contributed by atoms with E-state index in [4.69, 9.17) is 9.47 Å². The molecule has 0 amide bonds. The molecule has 0 aromatic heterocycles. The highest BCUT2D eigenvalue weighted by molar-refractivity contribution is 5.30. The summed E-state index contributed by atoms with van der Waals surface area (Å²) in [4.78, 5) is 0. The van der Waals surface area contributed by atoms with Crippen molar-refractivity contribution in [3.63, 3.8) is 0 Å². The molecule has 0 spiro atoms. The van der Waals surface area contributed by atoms with Gasteiger partial charge in [-0.15, -0.1) is 0 Å². The number of hydrogen-bond acceptors (Lipinski definition) is 3. The number of benzene rings is 1. The van der Waals surface area contributed by atoms with E-state index in [1.54, 1.807) is 7.11 Å². The Labute approximate surface area is 104 Å². The van der Waals surface area contributed by atoms with Gasteiger partial charge in [0.2, 0.25) is 0 Å². The topological polar surface area (TPSA) is 30.5 Å². The van der Waals surface area contributed by atoms with Crippen molar-refractivity contribution in [1.82, 2.24) is 5.32 Å². The summed E-state index contributed by atoms with van der Waals surface area (Å²) in [6.45, 7) is 7.97. The van der Waals surface area contributed by atoms with Gasteiger partial charge in [0.15, 0.2) is 0 Å². The van der Waals surface area contributed by atoms with E-state index in [2.05, 4.69) is 32.2 Å². The molecule has 0 aliphatic heterocycles. The van der Waals surface area contributed by atoms with Gasteiger partial charge in [-0.05, 0) is 38.1 Å². The second-order valence-electron chi connectivity index (χ2n) is 4.26. The highest BCUT2D eigenvalue weighted by Gasteiger charge is 2.13. The largest absolute Gasteiger partial charge is 0.497 e. The summed E-state index contributed by atoms with van der Waals surface area (Å²) in [6, 6.07) is 8.05. The number of methoxy groups -OCH3 is 1. The monoisotopic (exact) mass is 237 g/mol. The third-order valence-electron chi connectivity index (χ3n) is 2.48.